The molecule has 1 aromatic heterocycles. The Hall–Kier alpha value is -2.66. The van der Waals surface area contributed by atoms with Crippen LogP contribution < -0.4 is 0 Å². The highest BCUT2D eigenvalue weighted by atomic mass is 19.1. The van der Waals surface area contributed by atoms with E-state index in [0.29, 0.717) is 25.2 Å². The van der Waals surface area contributed by atoms with Gasteiger partial charge in [0.2, 0.25) is 0 Å². The Morgan fingerprint density at radius 3 is 2.85 bits per heavy atom. The molecule has 1 N–H and O–H groups in total. The van der Waals surface area contributed by atoms with Crippen molar-refractivity contribution in [1.29, 1.82) is 0 Å². The van der Waals surface area contributed by atoms with Crippen LogP contribution in [0.25, 0.3) is 10.9 Å². The van der Waals surface area contributed by atoms with Gasteiger partial charge in [0, 0.05) is 37.1 Å². The second-order valence-electron chi connectivity index (χ2n) is 6.37. The van der Waals surface area contributed by atoms with Gasteiger partial charge in [-0.15, -0.1) is 0 Å². The molecular formula is C21H23FN2O2. The summed E-state index contributed by atoms with van der Waals surface area (Å²) in [5, 5.41) is 9.94. The molecule has 136 valence electrons. The quantitative estimate of drug-likeness (QED) is 0.800. The summed E-state index contributed by atoms with van der Waals surface area (Å²) in [6.45, 7) is 3.77. The molecular weight excluding hydrogens is 331 g/mol. The van der Waals surface area contributed by atoms with Crippen molar-refractivity contribution in [2.45, 2.75) is 26.4 Å². The molecule has 0 unspecified atom stereocenters. The Labute approximate surface area is 152 Å². The van der Waals surface area contributed by atoms with E-state index >= 15 is 0 Å². The van der Waals surface area contributed by atoms with Crippen LogP contribution in [0.5, 0.6) is 0 Å². The molecule has 1 aliphatic heterocycles. The maximum Gasteiger partial charge on any atom is 0.317 e. The fourth-order valence-electron chi connectivity index (χ4n) is 3.53. The molecule has 0 bridgehead atoms. The smallest absolute Gasteiger partial charge is 0.317 e. The molecule has 5 heteroatoms. The van der Waals surface area contributed by atoms with Gasteiger partial charge in [0.1, 0.15) is 5.82 Å². The van der Waals surface area contributed by atoms with E-state index < -0.39 is 5.97 Å². The van der Waals surface area contributed by atoms with Gasteiger partial charge < -0.3 is 9.67 Å². The Morgan fingerprint density at radius 2 is 2.08 bits per heavy atom. The van der Waals surface area contributed by atoms with Gasteiger partial charge >= 0.3 is 5.97 Å². The van der Waals surface area contributed by atoms with Crippen LogP contribution in [0.2, 0.25) is 0 Å². The third-order valence-corrected chi connectivity index (χ3v) is 4.61. The lowest BCUT2D eigenvalue weighted by Gasteiger charge is -2.26. The Balaban J connectivity index is 1.95. The number of carbonyl (C=O) groups is 1. The van der Waals surface area contributed by atoms with Crippen LogP contribution in [0, 0.1) is 5.82 Å². The minimum atomic E-state index is -0.834. The van der Waals surface area contributed by atoms with Crippen LogP contribution in [-0.4, -0.2) is 33.6 Å². The fraction of sp³-hybridized carbons (Fsp3) is 0.286. The molecule has 3 rings (SSSR count). The average molecular weight is 354 g/mol. The van der Waals surface area contributed by atoms with Crippen LogP contribution in [-0.2, 0) is 24.3 Å². The van der Waals surface area contributed by atoms with Crippen molar-refractivity contribution in [2.24, 2.45) is 0 Å². The van der Waals surface area contributed by atoms with Gasteiger partial charge in [0.15, 0.2) is 0 Å². The number of rotatable bonds is 6. The van der Waals surface area contributed by atoms with Gasteiger partial charge in [0.05, 0.1) is 12.1 Å². The number of hydrogen-bond acceptors (Lipinski definition) is 2. The molecule has 1 aliphatic rings. The molecule has 0 amide bonds. The molecule has 0 saturated heterocycles. The first-order valence-electron chi connectivity index (χ1n) is 8.79. The zero-order valence-corrected chi connectivity index (χ0v) is 14.9. The Morgan fingerprint density at radius 1 is 1.27 bits per heavy atom. The van der Waals surface area contributed by atoms with Crippen molar-refractivity contribution >= 4 is 16.9 Å². The molecule has 1 aromatic carbocycles. The molecule has 2 aromatic rings. The van der Waals surface area contributed by atoms with E-state index in [9.17, 15) is 9.18 Å². The number of allylic oxidation sites excluding steroid dienone is 6. The molecule has 0 aliphatic carbocycles. The number of nitrogens with zero attached hydrogens (tertiary/aromatic N) is 2. The monoisotopic (exact) mass is 354 g/mol. The van der Waals surface area contributed by atoms with E-state index in [4.69, 9.17) is 5.11 Å². The molecule has 0 radical (unpaired) electrons. The highest BCUT2D eigenvalue weighted by Gasteiger charge is 2.25. The lowest BCUT2D eigenvalue weighted by molar-refractivity contribution is -0.138. The molecule has 26 heavy (non-hydrogen) atoms. The molecule has 2 heterocycles. The third-order valence-electron chi connectivity index (χ3n) is 4.61. The van der Waals surface area contributed by atoms with Crippen molar-refractivity contribution in [1.82, 2.24) is 9.47 Å². The van der Waals surface area contributed by atoms with Gasteiger partial charge in [-0.2, -0.15) is 0 Å². The maximum atomic E-state index is 14.5. The summed E-state index contributed by atoms with van der Waals surface area (Å²) >= 11 is 0. The number of aliphatic carboxylic acids is 1. The average Bonchev–Trinajstić information content (AvgIpc) is 2.92. The minimum absolute atomic E-state index is 0.0110. The van der Waals surface area contributed by atoms with Gasteiger partial charge in [0.25, 0.3) is 0 Å². The summed E-state index contributed by atoms with van der Waals surface area (Å²) in [6, 6.07) is 5.12. The third kappa shape index (κ3) is 3.78. The topological polar surface area (TPSA) is 45.5 Å². The number of carboxylic acid groups (broad SMARTS) is 1. The van der Waals surface area contributed by atoms with Gasteiger partial charge in [-0.1, -0.05) is 48.6 Å². The number of para-hydroxylation sites is 1. The predicted octanol–water partition coefficient (Wildman–Crippen LogP) is 3.91. The molecule has 0 spiro atoms. The van der Waals surface area contributed by atoms with E-state index in [0.717, 1.165) is 23.1 Å². The summed E-state index contributed by atoms with van der Waals surface area (Å²) in [4.78, 5) is 12.9. The van der Waals surface area contributed by atoms with Gasteiger partial charge in [-0.25, -0.2) is 4.39 Å². The van der Waals surface area contributed by atoms with Crippen LogP contribution >= 0.6 is 0 Å². The minimum Gasteiger partial charge on any atom is -0.480 e. The number of benzene rings is 1. The molecule has 0 saturated carbocycles. The van der Waals surface area contributed by atoms with Crippen LogP contribution in [0.15, 0.2) is 54.7 Å². The Bertz CT molecular complexity index is 893. The van der Waals surface area contributed by atoms with Crippen molar-refractivity contribution in [2.75, 3.05) is 13.1 Å². The lowest BCUT2D eigenvalue weighted by Crippen LogP contribution is -2.35. The largest absolute Gasteiger partial charge is 0.480 e. The van der Waals surface area contributed by atoms with Gasteiger partial charge in [-0.3, -0.25) is 9.69 Å². The summed E-state index contributed by atoms with van der Waals surface area (Å²) < 4.78 is 16.6. The van der Waals surface area contributed by atoms with E-state index in [1.807, 2.05) is 58.9 Å². The normalized spacial score (nSPS) is 15.6. The van der Waals surface area contributed by atoms with Crippen molar-refractivity contribution in [3.8, 4) is 0 Å². The van der Waals surface area contributed by atoms with Crippen molar-refractivity contribution in [3.05, 3.63) is 71.7 Å². The van der Waals surface area contributed by atoms with E-state index in [1.54, 1.807) is 6.07 Å². The van der Waals surface area contributed by atoms with Crippen molar-refractivity contribution < 1.29 is 14.3 Å². The van der Waals surface area contributed by atoms with E-state index in [-0.39, 0.29) is 12.4 Å². The number of aromatic nitrogens is 1. The second-order valence-corrected chi connectivity index (χ2v) is 6.37. The molecule has 0 fully saturated rings. The maximum absolute atomic E-state index is 14.5. The summed E-state index contributed by atoms with van der Waals surface area (Å²) in [7, 11) is 0. The fourth-order valence-corrected chi connectivity index (χ4v) is 3.53. The zero-order chi connectivity index (χ0) is 18.5. The number of fused-ring (bicyclic) bond motifs is 3. The van der Waals surface area contributed by atoms with Crippen LogP contribution in [0.4, 0.5) is 4.39 Å². The first-order chi connectivity index (χ1) is 12.6. The summed E-state index contributed by atoms with van der Waals surface area (Å²) in [6.07, 6.45) is 12.5. The van der Waals surface area contributed by atoms with Crippen LogP contribution in [0.1, 0.15) is 18.2 Å². The predicted molar refractivity (Wildman–Crippen MR) is 102 cm³/mol. The van der Waals surface area contributed by atoms with E-state index in [1.165, 1.54) is 6.07 Å². The standard InChI is InChI=1S/C21H23FN2O2/c1-2-3-4-5-6-7-12-24-19-11-13-23(15-20(25)26)14-17(19)16-9-8-10-18(22)21(16)24/h2-10H,11-15H2,1H3,(H,25,26)/b3-2-,5-4-,7-6+. The summed E-state index contributed by atoms with van der Waals surface area (Å²) in [5.41, 5.74) is 2.76. The first-order valence-corrected chi connectivity index (χ1v) is 8.79. The first kappa shape index (κ1) is 18.1. The van der Waals surface area contributed by atoms with Crippen LogP contribution in [0.3, 0.4) is 0 Å². The highest BCUT2D eigenvalue weighted by Crippen LogP contribution is 2.32. The number of carboxylic acids is 1. The van der Waals surface area contributed by atoms with Gasteiger partial charge in [-0.05, 0) is 18.6 Å². The SMILES string of the molecule is C\C=C/C=C\C=C\Cn1c2c(c3cccc(F)c31)CN(CC(=O)O)CC2. The molecule has 4 nitrogen and oxygen atoms in total. The summed E-state index contributed by atoms with van der Waals surface area (Å²) in [5.74, 6) is -1.07. The lowest BCUT2D eigenvalue weighted by atomic mass is 10.0. The number of hydrogen-bond donors (Lipinski definition) is 1. The second kappa shape index (κ2) is 8.15. The van der Waals surface area contributed by atoms with E-state index in [2.05, 4.69) is 0 Å². The highest BCUT2D eigenvalue weighted by molar-refractivity contribution is 5.86. The Kier molecular flexibility index (Phi) is 5.68. The molecule has 0 atom stereocenters. The number of halogens is 1. The zero-order valence-electron chi connectivity index (χ0n) is 14.9. The van der Waals surface area contributed by atoms with Crippen molar-refractivity contribution in [3.63, 3.8) is 0 Å².